The zero-order valence-corrected chi connectivity index (χ0v) is 10.6. The second-order valence-electron chi connectivity index (χ2n) is 3.73. The molecule has 1 amide bonds. The Morgan fingerprint density at radius 2 is 1.78 bits per heavy atom. The van der Waals surface area contributed by atoms with Gasteiger partial charge in [0.25, 0.3) is 5.91 Å². The topological polar surface area (TPSA) is 59.4 Å². The van der Waals surface area contributed by atoms with Crippen molar-refractivity contribution in [2.45, 2.75) is 5.03 Å². The maximum Gasteiger partial charge on any atom is 0.285 e. The highest BCUT2D eigenvalue weighted by Crippen LogP contribution is 2.10. The van der Waals surface area contributed by atoms with Crippen molar-refractivity contribution in [2.75, 3.05) is 6.26 Å². The molecule has 0 saturated carbocycles. The lowest BCUT2D eigenvalue weighted by Gasteiger charge is -2.02. The molecule has 1 aromatic carbocycles. The summed E-state index contributed by atoms with van der Waals surface area (Å²) >= 11 is 0. The van der Waals surface area contributed by atoms with Crippen LogP contribution in [0.4, 0.5) is 0 Å². The molecule has 1 unspecified atom stereocenters. The SMILES string of the molecule is CS(=O)(=NC(=O)c1ccccc1)c1ccccn1. The lowest BCUT2D eigenvalue weighted by Crippen LogP contribution is -2.05. The number of benzene rings is 1. The van der Waals surface area contributed by atoms with Gasteiger partial charge in [-0.25, -0.2) is 9.19 Å². The summed E-state index contributed by atoms with van der Waals surface area (Å²) in [5, 5.41) is 0.314. The third kappa shape index (κ3) is 2.81. The summed E-state index contributed by atoms with van der Waals surface area (Å²) in [6, 6.07) is 13.6. The molecule has 0 radical (unpaired) electrons. The fourth-order valence-electron chi connectivity index (χ4n) is 1.41. The number of nitrogens with zero attached hydrogens (tertiary/aromatic N) is 2. The van der Waals surface area contributed by atoms with E-state index < -0.39 is 15.6 Å². The first-order valence-corrected chi connectivity index (χ1v) is 7.24. The Kier molecular flexibility index (Phi) is 3.53. The van der Waals surface area contributed by atoms with Gasteiger partial charge < -0.3 is 0 Å². The van der Waals surface area contributed by atoms with Crippen LogP contribution in [0.3, 0.4) is 0 Å². The molecule has 1 aromatic heterocycles. The Morgan fingerprint density at radius 3 is 2.39 bits per heavy atom. The summed E-state index contributed by atoms with van der Waals surface area (Å²) in [5.41, 5.74) is 0.419. The molecule has 0 saturated heterocycles. The van der Waals surface area contributed by atoms with E-state index in [1.165, 1.54) is 12.5 Å². The summed E-state index contributed by atoms with van der Waals surface area (Å²) in [6.45, 7) is 0. The maximum atomic E-state index is 12.3. The summed E-state index contributed by atoms with van der Waals surface area (Å²) in [6.07, 6.45) is 2.94. The first-order chi connectivity index (χ1) is 8.59. The molecule has 0 spiro atoms. The lowest BCUT2D eigenvalue weighted by atomic mass is 10.2. The monoisotopic (exact) mass is 260 g/mol. The van der Waals surface area contributed by atoms with E-state index in [4.69, 9.17) is 0 Å². The molecule has 1 atom stereocenters. The van der Waals surface area contributed by atoms with Crippen molar-refractivity contribution in [3.8, 4) is 0 Å². The standard InChI is InChI=1S/C13H12N2O2S/c1-18(17,12-9-5-6-10-14-12)15-13(16)11-7-3-2-4-8-11/h2-10H,1H3. The maximum absolute atomic E-state index is 12.3. The fraction of sp³-hybridized carbons (Fsp3) is 0.0769. The van der Waals surface area contributed by atoms with Crippen LogP contribution in [-0.4, -0.2) is 21.4 Å². The summed E-state index contributed by atoms with van der Waals surface area (Å²) in [4.78, 5) is 15.8. The number of carbonyl (C=O) groups is 1. The molecule has 0 aliphatic carbocycles. The van der Waals surface area contributed by atoms with Crippen molar-refractivity contribution in [1.82, 2.24) is 4.98 Å². The lowest BCUT2D eigenvalue weighted by molar-refractivity contribution is 0.100. The van der Waals surface area contributed by atoms with Crippen LogP contribution in [-0.2, 0) is 9.73 Å². The van der Waals surface area contributed by atoms with Crippen LogP contribution in [0.25, 0.3) is 0 Å². The average Bonchev–Trinajstić information content (AvgIpc) is 2.40. The van der Waals surface area contributed by atoms with E-state index in [0.29, 0.717) is 10.6 Å². The highest BCUT2D eigenvalue weighted by atomic mass is 32.2. The average molecular weight is 260 g/mol. The van der Waals surface area contributed by atoms with E-state index in [-0.39, 0.29) is 0 Å². The predicted molar refractivity (Wildman–Crippen MR) is 69.8 cm³/mol. The molecule has 0 fully saturated rings. The Hall–Kier alpha value is -2.01. The number of carbonyl (C=O) groups excluding carboxylic acids is 1. The number of amides is 1. The number of aromatic nitrogens is 1. The van der Waals surface area contributed by atoms with Gasteiger partial charge in [-0.1, -0.05) is 24.3 Å². The molecule has 0 aliphatic heterocycles. The first-order valence-electron chi connectivity index (χ1n) is 5.32. The number of hydrogen-bond acceptors (Lipinski definition) is 3. The quantitative estimate of drug-likeness (QED) is 0.833. The Balaban J connectivity index is 2.40. The Bertz CT molecular complexity index is 660. The third-order valence-corrected chi connectivity index (χ3v) is 3.84. The van der Waals surface area contributed by atoms with Crippen molar-refractivity contribution in [3.05, 3.63) is 60.3 Å². The van der Waals surface area contributed by atoms with Crippen LogP contribution in [0, 0.1) is 0 Å². The fourth-order valence-corrected chi connectivity index (χ4v) is 2.51. The molecule has 0 N–H and O–H groups in total. The smallest absolute Gasteiger partial charge is 0.266 e. The molecular weight excluding hydrogens is 248 g/mol. The van der Waals surface area contributed by atoms with Crippen LogP contribution in [0.15, 0.2) is 64.1 Å². The van der Waals surface area contributed by atoms with Gasteiger partial charge in [-0.15, -0.1) is 0 Å². The normalized spacial score (nSPS) is 13.6. The summed E-state index contributed by atoms with van der Waals surface area (Å²) < 4.78 is 16.1. The van der Waals surface area contributed by atoms with Crippen LogP contribution in [0.2, 0.25) is 0 Å². The zero-order chi connectivity index (χ0) is 13.0. The van der Waals surface area contributed by atoms with Crippen LogP contribution in [0.5, 0.6) is 0 Å². The number of hydrogen-bond donors (Lipinski definition) is 0. The van der Waals surface area contributed by atoms with Gasteiger partial charge in [-0.05, 0) is 24.3 Å². The van der Waals surface area contributed by atoms with E-state index in [9.17, 15) is 9.00 Å². The highest BCUT2D eigenvalue weighted by molar-refractivity contribution is 7.93. The minimum Gasteiger partial charge on any atom is -0.266 e. The van der Waals surface area contributed by atoms with Crippen molar-refractivity contribution >= 4 is 15.6 Å². The van der Waals surface area contributed by atoms with Crippen LogP contribution in [0.1, 0.15) is 10.4 Å². The molecule has 1 heterocycles. The first kappa shape index (κ1) is 12.4. The van der Waals surface area contributed by atoms with Crippen molar-refractivity contribution in [2.24, 2.45) is 4.36 Å². The van der Waals surface area contributed by atoms with E-state index in [2.05, 4.69) is 9.35 Å². The minimum atomic E-state index is -2.79. The zero-order valence-electron chi connectivity index (χ0n) is 9.82. The van der Waals surface area contributed by atoms with Gasteiger partial charge in [0, 0.05) is 18.0 Å². The molecular formula is C13H12N2O2S. The van der Waals surface area contributed by atoms with Gasteiger partial charge in [0.1, 0.15) is 5.03 Å². The van der Waals surface area contributed by atoms with E-state index in [0.717, 1.165) is 0 Å². The van der Waals surface area contributed by atoms with Gasteiger partial charge in [0.05, 0.1) is 9.73 Å². The van der Waals surface area contributed by atoms with E-state index in [1.54, 1.807) is 48.5 Å². The van der Waals surface area contributed by atoms with Gasteiger partial charge in [0.15, 0.2) is 0 Å². The Morgan fingerprint density at radius 1 is 1.11 bits per heavy atom. The largest absolute Gasteiger partial charge is 0.285 e. The van der Waals surface area contributed by atoms with Crippen molar-refractivity contribution in [1.29, 1.82) is 0 Å². The van der Waals surface area contributed by atoms with Gasteiger partial charge in [0.2, 0.25) is 0 Å². The second kappa shape index (κ2) is 5.10. The summed E-state index contributed by atoms with van der Waals surface area (Å²) in [5.74, 6) is -0.492. The molecule has 4 nitrogen and oxygen atoms in total. The number of rotatable bonds is 2. The van der Waals surface area contributed by atoms with Gasteiger partial charge in [-0.3, -0.25) is 4.79 Å². The van der Waals surface area contributed by atoms with E-state index in [1.807, 2.05) is 0 Å². The molecule has 2 rings (SSSR count). The molecule has 0 bridgehead atoms. The number of pyridine rings is 1. The predicted octanol–water partition coefficient (Wildman–Crippen LogP) is 2.38. The Labute approximate surface area is 106 Å². The van der Waals surface area contributed by atoms with Gasteiger partial charge in [-0.2, -0.15) is 4.36 Å². The van der Waals surface area contributed by atoms with Crippen molar-refractivity contribution in [3.63, 3.8) is 0 Å². The van der Waals surface area contributed by atoms with Crippen LogP contribution < -0.4 is 0 Å². The minimum absolute atomic E-state index is 0.314. The molecule has 92 valence electrons. The highest BCUT2D eigenvalue weighted by Gasteiger charge is 2.11. The van der Waals surface area contributed by atoms with Crippen LogP contribution >= 0.6 is 0 Å². The molecule has 18 heavy (non-hydrogen) atoms. The molecule has 2 aromatic rings. The van der Waals surface area contributed by atoms with Crippen molar-refractivity contribution < 1.29 is 9.00 Å². The molecule has 5 heteroatoms. The van der Waals surface area contributed by atoms with Gasteiger partial charge >= 0.3 is 0 Å². The molecule has 0 aliphatic rings. The summed E-state index contributed by atoms with van der Waals surface area (Å²) in [7, 11) is -2.79. The van der Waals surface area contributed by atoms with E-state index >= 15 is 0 Å². The second-order valence-corrected chi connectivity index (χ2v) is 5.94. The third-order valence-electron chi connectivity index (χ3n) is 2.30.